The van der Waals surface area contributed by atoms with Crippen LogP contribution in [0.15, 0.2) is 78.0 Å². The Morgan fingerprint density at radius 2 is 1.89 bits per heavy atom. The second kappa shape index (κ2) is 11.8. The summed E-state index contributed by atoms with van der Waals surface area (Å²) < 4.78 is 9.95. The van der Waals surface area contributed by atoms with Crippen LogP contribution < -0.4 is 16.6 Å². The molecule has 0 bridgehead atoms. The number of aryl methyl sites for hydroxylation is 1. The summed E-state index contributed by atoms with van der Waals surface area (Å²) >= 11 is 0. The third-order valence-electron chi connectivity index (χ3n) is 7.26. The van der Waals surface area contributed by atoms with E-state index in [0.717, 1.165) is 11.3 Å². The number of carbonyl (C=O) groups excluding carboxylic acids is 1. The highest BCUT2D eigenvalue weighted by atomic mass is 16.5. The zero-order valence-electron chi connectivity index (χ0n) is 24.4. The number of ether oxygens (including phenoxy) is 1. The molecule has 12 nitrogen and oxygen atoms in total. The molecule has 3 N–H and O–H groups in total. The van der Waals surface area contributed by atoms with E-state index in [1.54, 1.807) is 61.6 Å². The Morgan fingerprint density at radius 3 is 2.68 bits per heavy atom. The monoisotopic (exact) mass is 587 g/mol. The fourth-order valence-corrected chi connectivity index (χ4v) is 5.12. The number of rotatable bonds is 7. The Morgan fingerprint density at radius 1 is 1.09 bits per heavy atom. The summed E-state index contributed by atoms with van der Waals surface area (Å²) in [7, 11) is 3.51. The van der Waals surface area contributed by atoms with Gasteiger partial charge in [0, 0.05) is 38.5 Å². The number of hydrogen-bond donors (Lipinski definition) is 2. The van der Waals surface area contributed by atoms with Gasteiger partial charge in [0.2, 0.25) is 0 Å². The van der Waals surface area contributed by atoms with Crippen molar-refractivity contribution in [3.8, 4) is 17.5 Å². The van der Waals surface area contributed by atoms with Crippen LogP contribution in [0, 0.1) is 11.8 Å². The molecule has 1 atom stereocenters. The summed E-state index contributed by atoms with van der Waals surface area (Å²) in [5.41, 5.74) is 9.50. The minimum Gasteiger partial charge on any atom is -0.384 e. The Bertz CT molecular complexity index is 2140. The highest BCUT2D eigenvalue weighted by Gasteiger charge is 2.25. The molecule has 1 amide bonds. The summed E-state index contributed by atoms with van der Waals surface area (Å²) in [4.78, 5) is 36.9. The Labute approximate surface area is 252 Å². The number of nitrogens with zero attached hydrogens (tertiary/aromatic N) is 7. The molecule has 4 heterocycles. The average Bonchev–Trinajstić information content (AvgIpc) is 3.56. The van der Waals surface area contributed by atoms with Gasteiger partial charge in [0.25, 0.3) is 11.5 Å². The molecule has 0 aliphatic rings. The molecular formula is C32H29N9O3. The topological polar surface area (TPSA) is 147 Å². The predicted octanol–water partition coefficient (Wildman–Crippen LogP) is 2.82. The largest absolute Gasteiger partial charge is 0.384 e. The second-order valence-corrected chi connectivity index (χ2v) is 10.1. The van der Waals surface area contributed by atoms with Crippen LogP contribution in [0.1, 0.15) is 46.0 Å². The number of nitrogens with two attached hydrogens (primary N) is 1. The molecule has 0 saturated heterocycles. The van der Waals surface area contributed by atoms with Gasteiger partial charge in [-0.25, -0.2) is 14.5 Å². The van der Waals surface area contributed by atoms with Crippen molar-refractivity contribution in [2.24, 2.45) is 7.05 Å². The Hall–Kier alpha value is -5.80. The normalized spacial score (nSPS) is 11.8. The number of hydrogen-bond acceptors (Lipinski definition) is 8. The zero-order chi connectivity index (χ0) is 30.8. The fourth-order valence-electron chi connectivity index (χ4n) is 5.12. The Balaban J connectivity index is 1.45. The molecule has 0 saturated carbocycles. The van der Waals surface area contributed by atoms with Gasteiger partial charge in [0.05, 0.1) is 46.7 Å². The highest BCUT2D eigenvalue weighted by molar-refractivity contribution is 6.04. The molecule has 0 radical (unpaired) electrons. The number of nitrogen functional groups attached to an aromatic ring is 1. The molecule has 0 aliphatic carbocycles. The summed E-state index contributed by atoms with van der Waals surface area (Å²) in [6.07, 6.45) is 5.58. The number of fused-ring (bicyclic) bond motifs is 2. The maximum Gasteiger partial charge on any atom is 0.267 e. The van der Waals surface area contributed by atoms with E-state index in [9.17, 15) is 9.59 Å². The molecule has 6 rings (SSSR count). The fraction of sp³-hybridized carbons (Fsp3) is 0.188. The molecule has 0 spiro atoms. The van der Waals surface area contributed by atoms with E-state index < -0.39 is 11.9 Å². The van der Waals surface area contributed by atoms with Crippen molar-refractivity contribution < 1.29 is 9.53 Å². The molecule has 44 heavy (non-hydrogen) atoms. The van der Waals surface area contributed by atoms with E-state index in [0.29, 0.717) is 46.7 Å². The van der Waals surface area contributed by atoms with Crippen molar-refractivity contribution in [3.63, 3.8) is 0 Å². The highest BCUT2D eigenvalue weighted by Crippen LogP contribution is 2.22. The third-order valence-corrected chi connectivity index (χ3v) is 7.26. The predicted molar refractivity (Wildman–Crippen MR) is 165 cm³/mol. The Kier molecular flexibility index (Phi) is 7.61. The van der Waals surface area contributed by atoms with E-state index in [1.165, 1.54) is 9.08 Å². The molecule has 220 valence electrons. The lowest BCUT2D eigenvalue weighted by atomic mass is 10.1. The first kappa shape index (κ1) is 28.3. The van der Waals surface area contributed by atoms with E-state index in [-0.39, 0.29) is 16.9 Å². The molecular weight excluding hydrogens is 558 g/mol. The van der Waals surface area contributed by atoms with Gasteiger partial charge in [-0.15, -0.1) is 5.10 Å². The molecule has 6 aromatic rings. The number of nitrogens with one attached hydrogen (secondary N) is 1. The standard InChI is InChI=1S/C32H29N9O3/c1-20(36-31(42)27-28(33)38-40-17-8-16-34-30(27)40)29-37-24-12-7-9-21(13-14-22-19-35-39(2)25(22)15-18-44-3)26(24)32(43)41(29)23-10-5-4-6-11-23/h4-12,16-17,19-20H,15,18H2,1-3H3,(H2,33,38)(H,36,42)/t20-/m1/s1. The van der Waals surface area contributed by atoms with Gasteiger partial charge >= 0.3 is 0 Å². The van der Waals surface area contributed by atoms with Crippen LogP contribution in [-0.4, -0.2) is 53.6 Å². The lowest BCUT2D eigenvalue weighted by molar-refractivity contribution is 0.0940. The van der Waals surface area contributed by atoms with Crippen LogP contribution in [0.5, 0.6) is 0 Å². The number of anilines is 1. The quantitative estimate of drug-likeness (QED) is 0.271. The maximum absolute atomic E-state index is 14.3. The number of methoxy groups -OCH3 is 1. The van der Waals surface area contributed by atoms with Crippen LogP contribution in [0.3, 0.4) is 0 Å². The molecule has 0 aliphatic heterocycles. The number of aromatic nitrogens is 7. The van der Waals surface area contributed by atoms with Crippen molar-refractivity contribution in [2.75, 3.05) is 19.5 Å². The zero-order valence-corrected chi connectivity index (χ0v) is 24.4. The summed E-state index contributed by atoms with van der Waals surface area (Å²) in [5, 5.41) is 11.8. The van der Waals surface area contributed by atoms with E-state index in [1.807, 2.05) is 37.4 Å². The lowest BCUT2D eigenvalue weighted by Gasteiger charge is -2.20. The van der Waals surface area contributed by atoms with Crippen LogP contribution in [0.25, 0.3) is 22.2 Å². The van der Waals surface area contributed by atoms with Crippen molar-refractivity contribution in [1.82, 2.24) is 39.2 Å². The van der Waals surface area contributed by atoms with Crippen molar-refractivity contribution >= 4 is 28.3 Å². The number of benzene rings is 2. The molecule has 4 aromatic heterocycles. The molecule has 2 aromatic carbocycles. The van der Waals surface area contributed by atoms with Crippen LogP contribution in [0.2, 0.25) is 0 Å². The van der Waals surface area contributed by atoms with Crippen molar-refractivity contribution in [3.05, 3.63) is 112 Å². The van der Waals surface area contributed by atoms with E-state index >= 15 is 0 Å². The lowest BCUT2D eigenvalue weighted by Crippen LogP contribution is -2.33. The number of para-hydroxylation sites is 1. The minimum atomic E-state index is -0.702. The van der Waals surface area contributed by atoms with Gasteiger partial charge in [-0.1, -0.05) is 36.1 Å². The van der Waals surface area contributed by atoms with Crippen molar-refractivity contribution in [2.45, 2.75) is 19.4 Å². The summed E-state index contributed by atoms with van der Waals surface area (Å²) in [6, 6.07) is 15.5. The number of amides is 1. The summed E-state index contributed by atoms with van der Waals surface area (Å²) in [5.74, 6) is 6.26. The smallest absolute Gasteiger partial charge is 0.267 e. The average molecular weight is 588 g/mol. The second-order valence-electron chi connectivity index (χ2n) is 10.1. The molecule has 0 unspecified atom stereocenters. The van der Waals surface area contributed by atoms with Gasteiger partial charge in [-0.2, -0.15) is 5.10 Å². The van der Waals surface area contributed by atoms with E-state index in [4.69, 9.17) is 15.5 Å². The van der Waals surface area contributed by atoms with E-state index in [2.05, 4.69) is 32.3 Å². The SMILES string of the molecule is COCCc1c(C#Cc2cccc3nc([C@@H](C)NC(=O)c4c(N)nn5cccnc45)n(-c4ccccc4)c(=O)c23)cnn1C. The minimum absolute atomic E-state index is 0.0440. The first-order valence-corrected chi connectivity index (χ1v) is 13.9. The van der Waals surface area contributed by atoms with Crippen LogP contribution in [0.4, 0.5) is 5.82 Å². The van der Waals surface area contributed by atoms with Gasteiger partial charge in [-0.3, -0.25) is 18.8 Å². The number of carbonyl (C=O) groups is 1. The summed E-state index contributed by atoms with van der Waals surface area (Å²) in [6.45, 7) is 2.29. The first-order valence-electron chi connectivity index (χ1n) is 13.9. The van der Waals surface area contributed by atoms with Gasteiger partial charge in [0.1, 0.15) is 11.4 Å². The van der Waals surface area contributed by atoms with Crippen LogP contribution in [-0.2, 0) is 18.2 Å². The molecule has 12 heteroatoms. The van der Waals surface area contributed by atoms with Gasteiger partial charge in [-0.05, 0) is 37.3 Å². The molecule has 0 fully saturated rings. The first-order chi connectivity index (χ1) is 21.4. The van der Waals surface area contributed by atoms with Gasteiger partial charge < -0.3 is 15.8 Å². The van der Waals surface area contributed by atoms with Crippen LogP contribution >= 0.6 is 0 Å². The maximum atomic E-state index is 14.3. The van der Waals surface area contributed by atoms with Gasteiger partial charge in [0.15, 0.2) is 11.5 Å². The van der Waals surface area contributed by atoms with Crippen molar-refractivity contribution in [1.29, 1.82) is 0 Å². The third kappa shape index (κ3) is 5.16.